The number of benzene rings is 3. The van der Waals surface area contributed by atoms with E-state index in [1.54, 1.807) is 5.06 Å². The number of nitro benzene ring substituents is 1. The van der Waals surface area contributed by atoms with Gasteiger partial charge >= 0.3 is 0 Å². The Morgan fingerprint density at radius 3 is 1.88 bits per heavy atom. The Morgan fingerprint density at radius 2 is 1.38 bits per heavy atom. The third-order valence-electron chi connectivity index (χ3n) is 7.53. The summed E-state index contributed by atoms with van der Waals surface area (Å²) in [4.78, 5) is 45.6. The van der Waals surface area contributed by atoms with E-state index in [0.29, 0.717) is 5.69 Å². The molecule has 5 rings (SSSR count). The molecule has 40 heavy (non-hydrogen) atoms. The van der Waals surface area contributed by atoms with Gasteiger partial charge < -0.3 is 5.11 Å². The molecular weight excluding hydrogens is 510 g/mol. The lowest BCUT2D eigenvalue weighted by Crippen LogP contribution is -2.37. The van der Waals surface area contributed by atoms with Crippen molar-refractivity contribution in [3.05, 3.63) is 93.5 Å². The van der Waals surface area contributed by atoms with E-state index in [9.17, 15) is 24.8 Å². The second kappa shape index (κ2) is 9.45. The number of phenols is 1. The highest BCUT2D eigenvalue weighted by atomic mass is 16.7. The third kappa shape index (κ3) is 4.50. The molecule has 2 saturated heterocycles. The Morgan fingerprint density at radius 1 is 0.825 bits per heavy atom. The summed E-state index contributed by atoms with van der Waals surface area (Å²) in [7, 11) is 0. The Labute approximate surface area is 233 Å². The van der Waals surface area contributed by atoms with Crippen LogP contribution in [0, 0.1) is 16.0 Å². The molecule has 0 radical (unpaired) electrons. The highest BCUT2D eigenvalue weighted by molar-refractivity contribution is 6.24. The summed E-state index contributed by atoms with van der Waals surface area (Å²) in [6, 6.07) is 17.8. The molecule has 3 atom stereocenters. The van der Waals surface area contributed by atoms with Crippen molar-refractivity contribution < 1.29 is 24.5 Å². The predicted molar refractivity (Wildman–Crippen MR) is 151 cm³/mol. The highest BCUT2D eigenvalue weighted by Crippen LogP contribution is 2.50. The molecule has 9 heteroatoms. The molecule has 208 valence electrons. The Hall–Kier alpha value is -4.24. The Kier molecular flexibility index (Phi) is 6.45. The maximum Gasteiger partial charge on any atom is 0.269 e. The minimum Gasteiger partial charge on any atom is -0.507 e. The molecular formula is C31H33N3O6. The summed E-state index contributed by atoms with van der Waals surface area (Å²) >= 11 is 0. The van der Waals surface area contributed by atoms with Gasteiger partial charge in [-0.25, -0.2) is 9.96 Å². The Bertz CT molecular complexity index is 1450. The van der Waals surface area contributed by atoms with Crippen molar-refractivity contribution in [3.63, 3.8) is 0 Å². The standard InChI is InChI=1S/C31H33N3O6/c1-30(2,3)22-16-18(17-23(26(22)35)31(4,5)6)25-24-27(40-33(25)20-10-8-7-9-11-20)29(37)32(28(24)36)19-12-14-21(15-13-19)34(38)39/h7-17,24-25,27,35H,1-6H3/t24-,25+,27+/m1/s1. The van der Waals surface area contributed by atoms with Crippen LogP contribution in [0.25, 0.3) is 0 Å². The highest BCUT2D eigenvalue weighted by Gasteiger charge is 2.60. The molecule has 3 aromatic rings. The number of imide groups is 1. The molecule has 0 unspecified atom stereocenters. The monoisotopic (exact) mass is 543 g/mol. The maximum atomic E-state index is 14.0. The van der Waals surface area contributed by atoms with Gasteiger partial charge in [-0.05, 0) is 63.9 Å². The maximum absolute atomic E-state index is 14.0. The lowest BCUT2D eigenvalue weighted by atomic mass is 9.76. The molecule has 2 amide bonds. The largest absolute Gasteiger partial charge is 0.507 e. The van der Waals surface area contributed by atoms with Gasteiger partial charge in [0.05, 0.1) is 22.3 Å². The number of fused-ring (bicyclic) bond motifs is 1. The van der Waals surface area contributed by atoms with Gasteiger partial charge in [0, 0.05) is 12.1 Å². The van der Waals surface area contributed by atoms with Crippen LogP contribution in [0.1, 0.15) is 64.3 Å². The van der Waals surface area contributed by atoms with Crippen LogP contribution in [0.4, 0.5) is 17.1 Å². The number of amides is 2. The van der Waals surface area contributed by atoms with E-state index < -0.39 is 45.6 Å². The number of hydroxylamine groups is 1. The second-order valence-electron chi connectivity index (χ2n) is 12.4. The summed E-state index contributed by atoms with van der Waals surface area (Å²) in [5.41, 5.74) is 2.20. The summed E-state index contributed by atoms with van der Waals surface area (Å²) in [6.07, 6.45) is -1.09. The molecule has 1 N–H and O–H groups in total. The number of carbonyl (C=O) groups is 2. The number of anilines is 2. The number of aromatic hydroxyl groups is 1. The van der Waals surface area contributed by atoms with Gasteiger partial charge in [0.1, 0.15) is 11.7 Å². The molecule has 2 heterocycles. The second-order valence-corrected chi connectivity index (χ2v) is 12.4. The van der Waals surface area contributed by atoms with Gasteiger partial charge in [-0.1, -0.05) is 59.7 Å². The average molecular weight is 544 g/mol. The fourth-order valence-corrected chi connectivity index (χ4v) is 5.50. The van der Waals surface area contributed by atoms with E-state index in [0.717, 1.165) is 21.6 Å². The first kappa shape index (κ1) is 27.3. The molecule has 0 saturated carbocycles. The van der Waals surface area contributed by atoms with Crippen molar-refractivity contribution >= 4 is 28.9 Å². The van der Waals surface area contributed by atoms with E-state index in [4.69, 9.17) is 4.84 Å². The van der Waals surface area contributed by atoms with E-state index in [1.165, 1.54) is 24.3 Å². The lowest BCUT2D eigenvalue weighted by molar-refractivity contribution is -0.384. The first-order valence-corrected chi connectivity index (χ1v) is 13.2. The van der Waals surface area contributed by atoms with Crippen LogP contribution in [0.15, 0.2) is 66.7 Å². The van der Waals surface area contributed by atoms with Crippen LogP contribution in [-0.4, -0.2) is 27.9 Å². The molecule has 0 spiro atoms. The summed E-state index contributed by atoms with van der Waals surface area (Å²) < 4.78 is 0. The van der Waals surface area contributed by atoms with Crippen LogP contribution >= 0.6 is 0 Å². The van der Waals surface area contributed by atoms with Crippen molar-refractivity contribution in [2.24, 2.45) is 5.92 Å². The quantitative estimate of drug-likeness (QED) is 0.246. The fraction of sp³-hybridized carbons (Fsp3) is 0.355. The van der Waals surface area contributed by atoms with Crippen LogP contribution in [-0.2, 0) is 25.3 Å². The number of rotatable bonds is 4. The van der Waals surface area contributed by atoms with Crippen molar-refractivity contribution in [3.8, 4) is 5.75 Å². The van der Waals surface area contributed by atoms with E-state index in [2.05, 4.69) is 0 Å². The van der Waals surface area contributed by atoms with Crippen molar-refractivity contribution in [1.82, 2.24) is 0 Å². The van der Waals surface area contributed by atoms with Gasteiger partial charge in [0.25, 0.3) is 11.6 Å². The summed E-state index contributed by atoms with van der Waals surface area (Å²) in [5, 5.41) is 24.1. The minimum absolute atomic E-state index is 0.138. The summed E-state index contributed by atoms with van der Waals surface area (Å²) in [5.74, 6) is -1.65. The normalized spacial score (nSPS) is 21.2. The molecule has 2 aliphatic rings. The third-order valence-corrected chi connectivity index (χ3v) is 7.53. The van der Waals surface area contributed by atoms with E-state index >= 15 is 0 Å². The number of hydrogen-bond donors (Lipinski definition) is 1. The van der Waals surface area contributed by atoms with E-state index in [-0.39, 0.29) is 17.1 Å². The average Bonchev–Trinajstić information content (AvgIpc) is 3.39. The molecule has 2 fully saturated rings. The van der Waals surface area contributed by atoms with Gasteiger partial charge in [0.15, 0.2) is 6.10 Å². The molecule has 2 aliphatic heterocycles. The van der Waals surface area contributed by atoms with Gasteiger partial charge in [0.2, 0.25) is 5.91 Å². The van der Waals surface area contributed by atoms with Crippen molar-refractivity contribution in [1.29, 1.82) is 0 Å². The van der Waals surface area contributed by atoms with Crippen LogP contribution < -0.4 is 9.96 Å². The smallest absolute Gasteiger partial charge is 0.269 e. The molecule has 0 aromatic heterocycles. The number of hydrogen-bond acceptors (Lipinski definition) is 7. The number of phenolic OH excluding ortho intramolecular Hbond substituents is 1. The fourth-order valence-electron chi connectivity index (χ4n) is 5.50. The molecule has 0 aliphatic carbocycles. The van der Waals surface area contributed by atoms with Crippen LogP contribution in [0.5, 0.6) is 5.75 Å². The van der Waals surface area contributed by atoms with Crippen molar-refractivity contribution in [2.75, 3.05) is 9.96 Å². The van der Waals surface area contributed by atoms with Crippen molar-refractivity contribution in [2.45, 2.75) is 64.5 Å². The lowest BCUT2D eigenvalue weighted by Gasteiger charge is -2.32. The minimum atomic E-state index is -1.09. The zero-order chi connectivity index (χ0) is 29.1. The SMILES string of the molecule is CC(C)(C)c1cc([C@H]2[C@H]3C(=O)N(c4ccc([N+](=O)[O-])cc4)C(=O)[C@H]3ON2c2ccccc2)cc(C(C)(C)C)c1O. The number of nitro groups is 1. The van der Waals surface area contributed by atoms with Gasteiger partial charge in [-0.2, -0.15) is 0 Å². The number of carbonyl (C=O) groups excluding carboxylic acids is 2. The van der Waals surface area contributed by atoms with E-state index in [1.807, 2.05) is 84.0 Å². The molecule has 0 bridgehead atoms. The van der Waals surface area contributed by atoms with Gasteiger partial charge in [-0.15, -0.1) is 0 Å². The molecule has 3 aromatic carbocycles. The van der Waals surface area contributed by atoms with Crippen LogP contribution in [0.3, 0.4) is 0 Å². The Balaban J connectivity index is 1.67. The predicted octanol–water partition coefficient (Wildman–Crippen LogP) is 5.95. The first-order chi connectivity index (χ1) is 18.7. The topological polar surface area (TPSA) is 113 Å². The summed E-state index contributed by atoms with van der Waals surface area (Å²) in [6.45, 7) is 12.1. The number of nitrogens with zero attached hydrogens (tertiary/aromatic N) is 3. The number of non-ortho nitro benzene ring substituents is 1. The molecule has 9 nitrogen and oxygen atoms in total. The van der Waals surface area contributed by atoms with Gasteiger partial charge in [-0.3, -0.25) is 24.5 Å². The number of para-hydroxylation sites is 1. The first-order valence-electron chi connectivity index (χ1n) is 13.2. The zero-order valence-electron chi connectivity index (χ0n) is 23.4. The van der Waals surface area contributed by atoms with Crippen LogP contribution in [0.2, 0.25) is 0 Å². The zero-order valence-corrected chi connectivity index (χ0v) is 23.4.